The van der Waals surface area contributed by atoms with Gasteiger partial charge >= 0.3 is 5.97 Å². The van der Waals surface area contributed by atoms with Crippen LogP contribution in [-0.4, -0.2) is 28.1 Å². The summed E-state index contributed by atoms with van der Waals surface area (Å²) in [7, 11) is 0. The third kappa shape index (κ3) is 0.910. The van der Waals surface area contributed by atoms with Gasteiger partial charge in [0.15, 0.2) is 0 Å². The number of rotatable bonds is 1. The highest BCUT2D eigenvalue weighted by molar-refractivity contribution is 7.99. The molecule has 1 spiro atoms. The zero-order chi connectivity index (χ0) is 8.82. The van der Waals surface area contributed by atoms with Gasteiger partial charge in [-0.2, -0.15) is 11.8 Å². The molecule has 0 bridgehead atoms. The van der Waals surface area contributed by atoms with Gasteiger partial charge < -0.3 is 10.8 Å². The van der Waals surface area contributed by atoms with Gasteiger partial charge in [-0.3, -0.25) is 4.79 Å². The summed E-state index contributed by atoms with van der Waals surface area (Å²) in [5, 5.41) is 8.90. The molecule has 1 saturated carbocycles. The average molecular weight is 187 g/mol. The highest BCUT2D eigenvalue weighted by Crippen LogP contribution is 2.61. The van der Waals surface area contributed by atoms with E-state index in [0.29, 0.717) is 6.42 Å². The first-order valence-corrected chi connectivity index (χ1v) is 5.36. The number of carboxylic acid groups (broad SMARTS) is 1. The molecule has 2 fully saturated rings. The summed E-state index contributed by atoms with van der Waals surface area (Å²) >= 11 is 1.90. The highest BCUT2D eigenvalue weighted by atomic mass is 32.2. The Labute approximate surface area is 75.7 Å². The van der Waals surface area contributed by atoms with Crippen LogP contribution in [0.25, 0.3) is 0 Å². The standard InChI is InChI=1S/C8H13NO2S/c9-8(6(10)11)5-7(8)1-3-12-4-2-7/h1-5,9H2,(H,10,11). The molecule has 12 heavy (non-hydrogen) atoms. The molecule has 1 saturated heterocycles. The van der Waals surface area contributed by atoms with Crippen molar-refractivity contribution in [3.8, 4) is 0 Å². The first kappa shape index (κ1) is 8.38. The molecule has 1 aliphatic carbocycles. The number of carboxylic acids is 1. The Morgan fingerprint density at radius 3 is 2.42 bits per heavy atom. The molecule has 0 aromatic rings. The van der Waals surface area contributed by atoms with Crippen LogP contribution in [0.3, 0.4) is 0 Å². The van der Waals surface area contributed by atoms with E-state index in [1.54, 1.807) is 0 Å². The van der Waals surface area contributed by atoms with Crippen LogP contribution in [0, 0.1) is 5.41 Å². The van der Waals surface area contributed by atoms with Crippen molar-refractivity contribution in [2.75, 3.05) is 11.5 Å². The topological polar surface area (TPSA) is 63.3 Å². The van der Waals surface area contributed by atoms with Crippen molar-refractivity contribution in [3.63, 3.8) is 0 Å². The zero-order valence-corrected chi connectivity index (χ0v) is 7.69. The molecular weight excluding hydrogens is 174 g/mol. The zero-order valence-electron chi connectivity index (χ0n) is 6.88. The molecule has 1 unspecified atom stereocenters. The maximum Gasteiger partial charge on any atom is 0.324 e. The summed E-state index contributed by atoms with van der Waals surface area (Å²) in [5.41, 5.74) is 4.87. The van der Waals surface area contributed by atoms with Crippen molar-refractivity contribution < 1.29 is 9.90 Å². The maximum absolute atomic E-state index is 10.8. The predicted octanol–water partition coefficient (Wildman–Crippen LogP) is 0.686. The minimum absolute atomic E-state index is 0.0376. The van der Waals surface area contributed by atoms with Crippen molar-refractivity contribution in [1.82, 2.24) is 0 Å². The molecule has 0 radical (unpaired) electrons. The summed E-state index contributed by atoms with van der Waals surface area (Å²) < 4.78 is 0. The van der Waals surface area contributed by atoms with Crippen molar-refractivity contribution >= 4 is 17.7 Å². The molecule has 3 nitrogen and oxygen atoms in total. The van der Waals surface area contributed by atoms with Gasteiger partial charge in [0, 0.05) is 5.41 Å². The molecule has 2 rings (SSSR count). The van der Waals surface area contributed by atoms with Crippen LogP contribution in [0.4, 0.5) is 0 Å². The fourth-order valence-electron chi connectivity index (χ4n) is 2.18. The number of hydrogen-bond donors (Lipinski definition) is 2. The van der Waals surface area contributed by atoms with Gasteiger partial charge in [-0.05, 0) is 30.8 Å². The van der Waals surface area contributed by atoms with E-state index in [2.05, 4.69) is 0 Å². The lowest BCUT2D eigenvalue weighted by atomic mass is 9.93. The molecule has 0 amide bonds. The van der Waals surface area contributed by atoms with E-state index in [-0.39, 0.29) is 5.41 Å². The van der Waals surface area contributed by atoms with Gasteiger partial charge in [0.05, 0.1) is 0 Å². The Bertz CT molecular complexity index is 225. The molecular formula is C8H13NO2S. The average Bonchev–Trinajstić information content (AvgIpc) is 2.59. The molecule has 68 valence electrons. The van der Waals surface area contributed by atoms with Gasteiger partial charge in [-0.1, -0.05) is 0 Å². The van der Waals surface area contributed by atoms with Crippen LogP contribution in [-0.2, 0) is 4.79 Å². The first-order valence-electron chi connectivity index (χ1n) is 4.21. The second-order valence-electron chi connectivity index (χ2n) is 3.85. The molecule has 0 aromatic carbocycles. The van der Waals surface area contributed by atoms with E-state index in [0.717, 1.165) is 24.3 Å². The van der Waals surface area contributed by atoms with Crippen LogP contribution in [0.5, 0.6) is 0 Å². The summed E-state index contributed by atoms with van der Waals surface area (Å²) in [5.74, 6) is 1.34. The van der Waals surface area contributed by atoms with Gasteiger partial charge in [0.2, 0.25) is 0 Å². The monoisotopic (exact) mass is 187 g/mol. The number of thioether (sulfide) groups is 1. The van der Waals surface area contributed by atoms with E-state index in [9.17, 15) is 4.79 Å². The van der Waals surface area contributed by atoms with Gasteiger partial charge in [0.1, 0.15) is 5.54 Å². The van der Waals surface area contributed by atoms with Crippen molar-refractivity contribution in [1.29, 1.82) is 0 Å². The quantitative estimate of drug-likeness (QED) is 0.634. The number of carbonyl (C=O) groups is 1. The summed E-state index contributed by atoms with van der Waals surface area (Å²) in [6.07, 6.45) is 2.66. The van der Waals surface area contributed by atoms with E-state index >= 15 is 0 Å². The van der Waals surface area contributed by atoms with E-state index in [1.165, 1.54) is 0 Å². The summed E-state index contributed by atoms with van der Waals surface area (Å²) in [6, 6.07) is 0. The number of hydrogen-bond acceptors (Lipinski definition) is 3. The Balaban J connectivity index is 2.12. The lowest BCUT2D eigenvalue weighted by Gasteiger charge is -2.24. The largest absolute Gasteiger partial charge is 0.480 e. The lowest BCUT2D eigenvalue weighted by Crippen LogP contribution is -2.40. The highest BCUT2D eigenvalue weighted by Gasteiger charge is 2.69. The van der Waals surface area contributed by atoms with Crippen molar-refractivity contribution in [2.45, 2.75) is 24.8 Å². The van der Waals surface area contributed by atoms with Crippen LogP contribution in [0.1, 0.15) is 19.3 Å². The number of aliphatic carboxylic acids is 1. The Morgan fingerprint density at radius 2 is 2.00 bits per heavy atom. The van der Waals surface area contributed by atoms with E-state index < -0.39 is 11.5 Å². The molecule has 1 atom stereocenters. The third-order valence-corrected chi connectivity index (χ3v) is 4.26. The Kier molecular flexibility index (Phi) is 1.67. The summed E-state index contributed by atoms with van der Waals surface area (Å²) in [4.78, 5) is 10.8. The molecule has 4 heteroatoms. The normalized spacial score (nSPS) is 38.1. The lowest BCUT2D eigenvalue weighted by molar-refractivity contribution is -0.140. The fourth-order valence-corrected chi connectivity index (χ4v) is 3.45. The second kappa shape index (κ2) is 2.39. The van der Waals surface area contributed by atoms with Crippen LogP contribution >= 0.6 is 11.8 Å². The second-order valence-corrected chi connectivity index (χ2v) is 5.07. The minimum atomic E-state index is -0.881. The van der Waals surface area contributed by atoms with Crippen LogP contribution in [0.2, 0.25) is 0 Å². The van der Waals surface area contributed by atoms with Crippen molar-refractivity contribution in [3.05, 3.63) is 0 Å². The Morgan fingerprint density at radius 1 is 1.42 bits per heavy atom. The van der Waals surface area contributed by atoms with Crippen LogP contribution in [0.15, 0.2) is 0 Å². The molecule has 1 aliphatic heterocycles. The van der Waals surface area contributed by atoms with Crippen molar-refractivity contribution in [2.24, 2.45) is 11.1 Å². The maximum atomic E-state index is 10.8. The fraction of sp³-hybridized carbons (Fsp3) is 0.875. The number of nitrogens with two attached hydrogens (primary N) is 1. The summed E-state index contributed by atoms with van der Waals surface area (Å²) in [6.45, 7) is 0. The van der Waals surface area contributed by atoms with Gasteiger partial charge in [0.25, 0.3) is 0 Å². The predicted molar refractivity (Wildman–Crippen MR) is 48.2 cm³/mol. The van der Waals surface area contributed by atoms with E-state index in [4.69, 9.17) is 10.8 Å². The van der Waals surface area contributed by atoms with E-state index in [1.807, 2.05) is 11.8 Å². The molecule has 1 heterocycles. The first-order chi connectivity index (χ1) is 5.61. The van der Waals surface area contributed by atoms with Gasteiger partial charge in [-0.25, -0.2) is 0 Å². The Hall–Kier alpha value is -0.220. The molecule has 0 aromatic heterocycles. The molecule has 3 N–H and O–H groups in total. The van der Waals surface area contributed by atoms with Crippen LogP contribution < -0.4 is 5.73 Å². The minimum Gasteiger partial charge on any atom is -0.480 e. The van der Waals surface area contributed by atoms with Gasteiger partial charge in [-0.15, -0.1) is 0 Å². The molecule has 2 aliphatic rings. The SMILES string of the molecule is NC1(C(=O)O)CC12CCSCC2. The third-order valence-electron chi connectivity index (χ3n) is 3.27. The smallest absolute Gasteiger partial charge is 0.324 e.